The van der Waals surface area contributed by atoms with E-state index in [1.165, 1.54) is 12.1 Å². The molecule has 2 fully saturated rings. The van der Waals surface area contributed by atoms with E-state index in [1.54, 1.807) is 30.2 Å². The number of rotatable bonds is 8. The van der Waals surface area contributed by atoms with E-state index in [0.29, 0.717) is 29.4 Å². The number of methoxy groups -OCH3 is 1. The standard InChI is InChI=1S/C29H32ClF3N4O3S/c1-18-8-9-20(14-19(18)2)16-37(25-7-5-6-24(32)34-25)41(38,39)28-21(31)15-22(26(30)27(28)33)36-13-11-29(17-36,40-4)23-10-12-35(23)3/h5-9,14-15,23H,10-13,16-17H2,1-4H3. The molecule has 2 aromatic carbocycles. The number of hydrogen-bond acceptors (Lipinski definition) is 6. The molecule has 2 aliphatic rings. The number of pyridine rings is 1. The Morgan fingerprint density at radius 2 is 1.88 bits per heavy atom. The molecule has 2 atom stereocenters. The van der Waals surface area contributed by atoms with Gasteiger partial charge in [0.2, 0.25) is 5.95 Å². The maximum absolute atomic E-state index is 15.9. The lowest BCUT2D eigenvalue weighted by molar-refractivity contribution is -0.0937. The summed E-state index contributed by atoms with van der Waals surface area (Å²) < 4.78 is 80.2. The summed E-state index contributed by atoms with van der Waals surface area (Å²) in [6.07, 6.45) is 1.56. The molecule has 0 N–H and O–H groups in total. The lowest BCUT2D eigenvalue weighted by Crippen LogP contribution is -2.61. The van der Waals surface area contributed by atoms with Gasteiger partial charge in [-0.2, -0.15) is 4.39 Å². The van der Waals surface area contributed by atoms with Crippen LogP contribution in [0.4, 0.5) is 24.7 Å². The summed E-state index contributed by atoms with van der Waals surface area (Å²) in [5, 5.41) is -0.517. The molecule has 1 aromatic heterocycles. The molecule has 0 bridgehead atoms. The van der Waals surface area contributed by atoms with Crippen LogP contribution in [0.15, 0.2) is 47.4 Å². The molecule has 5 rings (SSSR count). The van der Waals surface area contributed by atoms with Crippen molar-refractivity contribution < 1.29 is 26.3 Å². The fraction of sp³-hybridized carbons (Fsp3) is 0.414. The maximum atomic E-state index is 15.9. The Labute approximate surface area is 243 Å². The SMILES string of the molecule is COC1(C2CCN2C)CCN(c2cc(F)c(S(=O)(=O)N(Cc3ccc(C)c(C)c3)c3cccc(F)n3)c(F)c2Cl)C1. The van der Waals surface area contributed by atoms with E-state index in [9.17, 15) is 12.8 Å². The maximum Gasteiger partial charge on any atom is 0.271 e. The number of hydrogen-bond donors (Lipinski definition) is 0. The van der Waals surface area contributed by atoms with Gasteiger partial charge in [-0.25, -0.2) is 26.5 Å². The third kappa shape index (κ3) is 5.29. The molecule has 0 saturated carbocycles. The van der Waals surface area contributed by atoms with Crippen molar-refractivity contribution in [1.82, 2.24) is 9.88 Å². The number of benzene rings is 2. The molecule has 0 spiro atoms. The summed E-state index contributed by atoms with van der Waals surface area (Å²) in [7, 11) is -1.31. The van der Waals surface area contributed by atoms with E-state index in [2.05, 4.69) is 9.88 Å². The molecule has 2 saturated heterocycles. The summed E-state index contributed by atoms with van der Waals surface area (Å²) in [5.74, 6) is -3.99. The van der Waals surface area contributed by atoms with Crippen molar-refractivity contribution in [3.05, 3.63) is 81.8 Å². The van der Waals surface area contributed by atoms with E-state index in [-0.39, 0.29) is 24.1 Å². The number of aromatic nitrogens is 1. The summed E-state index contributed by atoms with van der Waals surface area (Å²) in [6, 6.07) is 9.95. The van der Waals surface area contributed by atoms with Gasteiger partial charge in [-0.3, -0.25) is 0 Å². The number of likely N-dealkylation sites (N-methyl/N-ethyl adjacent to an activating group) is 1. The van der Waals surface area contributed by atoms with Crippen molar-refractivity contribution in [1.29, 1.82) is 0 Å². The van der Waals surface area contributed by atoms with Crippen LogP contribution in [0, 0.1) is 31.4 Å². The fourth-order valence-corrected chi connectivity index (χ4v) is 7.65. The van der Waals surface area contributed by atoms with E-state index >= 15 is 8.78 Å². The molecule has 7 nitrogen and oxygen atoms in total. The zero-order valence-electron chi connectivity index (χ0n) is 23.3. The van der Waals surface area contributed by atoms with Crippen LogP contribution < -0.4 is 9.21 Å². The van der Waals surface area contributed by atoms with Crippen LogP contribution in [0.5, 0.6) is 0 Å². The van der Waals surface area contributed by atoms with Gasteiger partial charge in [0.05, 0.1) is 12.2 Å². The average Bonchev–Trinajstić information content (AvgIpc) is 3.34. The summed E-state index contributed by atoms with van der Waals surface area (Å²) in [4.78, 5) is 6.38. The van der Waals surface area contributed by atoms with Crippen molar-refractivity contribution in [2.24, 2.45) is 0 Å². The molecule has 0 radical (unpaired) electrons. The molecule has 41 heavy (non-hydrogen) atoms. The van der Waals surface area contributed by atoms with E-state index in [4.69, 9.17) is 16.3 Å². The average molecular weight is 609 g/mol. The number of sulfonamides is 1. The van der Waals surface area contributed by atoms with Crippen LogP contribution in [0.3, 0.4) is 0 Å². The van der Waals surface area contributed by atoms with Gasteiger partial charge in [-0.05, 0) is 69.1 Å². The third-order valence-electron chi connectivity index (χ3n) is 8.40. The number of anilines is 2. The van der Waals surface area contributed by atoms with Crippen LogP contribution in [-0.4, -0.2) is 63.7 Å². The zero-order valence-corrected chi connectivity index (χ0v) is 24.9. The fourth-order valence-electron chi connectivity index (χ4n) is 5.80. The Morgan fingerprint density at radius 3 is 2.49 bits per heavy atom. The highest BCUT2D eigenvalue weighted by atomic mass is 35.5. The van der Waals surface area contributed by atoms with Crippen molar-refractivity contribution >= 4 is 33.1 Å². The van der Waals surface area contributed by atoms with Gasteiger partial charge in [-0.15, -0.1) is 0 Å². The molecule has 2 unspecified atom stereocenters. The number of nitrogens with zero attached hydrogens (tertiary/aromatic N) is 4. The third-order valence-corrected chi connectivity index (χ3v) is 10.6. The minimum absolute atomic E-state index is 0.0473. The topological polar surface area (TPSA) is 66.0 Å². The van der Waals surface area contributed by atoms with E-state index in [1.807, 2.05) is 20.9 Å². The van der Waals surface area contributed by atoms with Gasteiger partial charge in [-0.1, -0.05) is 35.9 Å². The first-order valence-electron chi connectivity index (χ1n) is 13.3. The molecule has 3 heterocycles. The Kier molecular flexibility index (Phi) is 8.01. The van der Waals surface area contributed by atoms with Gasteiger partial charge in [0.15, 0.2) is 10.7 Å². The molecule has 2 aliphatic heterocycles. The minimum Gasteiger partial charge on any atom is -0.375 e. The summed E-state index contributed by atoms with van der Waals surface area (Å²) in [6.45, 7) is 5.12. The Bertz CT molecular complexity index is 1590. The molecule has 0 aliphatic carbocycles. The predicted octanol–water partition coefficient (Wildman–Crippen LogP) is 5.46. The number of aryl methyl sites for hydroxylation is 2. The van der Waals surface area contributed by atoms with Gasteiger partial charge < -0.3 is 14.5 Å². The van der Waals surface area contributed by atoms with Crippen LogP contribution in [-0.2, 0) is 21.3 Å². The van der Waals surface area contributed by atoms with Crippen LogP contribution in [0.2, 0.25) is 5.02 Å². The Hall–Kier alpha value is -2.86. The van der Waals surface area contributed by atoms with Gasteiger partial charge >= 0.3 is 0 Å². The first-order valence-corrected chi connectivity index (χ1v) is 15.1. The van der Waals surface area contributed by atoms with E-state index < -0.39 is 43.1 Å². The first-order chi connectivity index (χ1) is 19.4. The second-order valence-electron chi connectivity index (χ2n) is 10.8. The van der Waals surface area contributed by atoms with Crippen LogP contribution in [0.1, 0.15) is 29.5 Å². The van der Waals surface area contributed by atoms with Crippen molar-refractivity contribution in [2.75, 3.05) is 43.0 Å². The predicted molar refractivity (Wildman–Crippen MR) is 152 cm³/mol. The molecule has 220 valence electrons. The highest BCUT2D eigenvalue weighted by Crippen LogP contribution is 2.43. The summed E-state index contributed by atoms with van der Waals surface area (Å²) >= 11 is 6.43. The second-order valence-corrected chi connectivity index (χ2v) is 13.0. The summed E-state index contributed by atoms with van der Waals surface area (Å²) in [5.41, 5.74) is 1.91. The molecule has 3 aromatic rings. The zero-order chi connectivity index (χ0) is 29.7. The lowest BCUT2D eigenvalue weighted by Gasteiger charge is -2.48. The second kappa shape index (κ2) is 11.1. The smallest absolute Gasteiger partial charge is 0.271 e. The van der Waals surface area contributed by atoms with E-state index in [0.717, 1.165) is 36.2 Å². The highest BCUT2D eigenvalue weighted by Gasteiger charge is 2.50. The Morgan fingerprint density at radius 1 is 1.12 bits per heavy atom. The first kappa shape index (κ1) is 29.6. The molecular formula is C29H32ClF3N4O3S. The Balaban J connectivity index is 1.54. The van der Waals surface area contributed by atoms with Gasteiger partial charge in [0.25, 0.3) is 10.0 Å². The molecular weight excluding hydrogens is 577 g/mol. The van der Waals surface area contributed by atoms with Crippen LogP contribution >= 0.6 is 11.6 Å². The van der Waals surface area contributed by atoms with Gasteiger partial charge in [0, 0.05) is 32.3 Å². The molecule has 12 heteroatoms. The lowest BCUT2D eigenvalue weighted by atomic mass is 9.84. The quantitative estimate of drug-likeness (QED) is 0.250. The molecule has 0 amide bonds. The minimum atomic E-state index is -4.94. The normalized spacial score (nSPS) is 21.3. The van der Waals surface area contributed by atoms with Crippen molar-refractivity contribution in [3.63, 3.8) is 0 Å². The highest BCUT2D eigenvalue weighted by molar-refractivity contribution is 7.92. The monoisotopic (exact) mass is 608 g/mol. The van der Waals surface area contributed by atoms with Gasteiger partial charge in [0.1, 0.15) is 22.3 Å². The number of likely N-dealkylation sites (tertiary alicyclic amines) is 1. The van der Waals surface area contributed by atoms with Crippen molar-refractivity contribution in [2.45, 2.75) is 49.8 Å². The number of ether oxygens (including phenoxy) is 1. The number of halogens is 4. The van der Waals surface area contributed by atoms with Crippen molar-refractivity contribution in [3.8, 4) is 0 Å². The largest absolute Gasteiger partial charge is 0.375 e. The van der Waals surface area contributed by atoms with Crippen LogP contribution in [0.25, 0.3) is 0 Å².